The van der Waals surface area contributed by atoms with Gasteiger partial charge in [-0.15, -0.1) is 0 Å². The molecule has 1 aromatic heterocycles. The molecular weight excluding hydrogens is 266 g/mol. The fourth-order valence-electron chi connectivity index (χ4n) is 1.83. The predicted molar refractivity (Wildman–Crippen MR) is 77.0 cm³/mol. The average molecular weight is 283 g/mol. The number of nitro groups is 1. The summed E-state index contributed by atoms with van der Waals surface area (Å²) in [4.78, 5) is 20.9. The maximum atomic E-state index is 11.1. The zero-order chi connectivity index (χ0) is 13.7. The first kappa shape index (κ1) is 13.9. The topological polar surface area (TPSA) is 84.2 Å². The molecule has 19 heavy (non-hydrogen) atoms. The fourth-order valence-corrected chi connectivity index (χ4v) is 2.73. The normalized spacial score (nSPS) is 15.3. The highest BCUT2D eigenvalue weighted by Gasteiger charge is 2.24. The quantitative estimate of drug-likeness (QED) is 0.651. The summed E-state index contributed by atoms with van der Waals surface area (Å²) in [6.07, 6.45) is 2.25. The molecule has 8 heteroatoms. The molecule has 0 aromatic carbocycles. The highest BCUT2D eigenvalue weighted by Crippen LogP contribution is 2.28. The van der Waals surface area contributed by atoms with Crippen LogP contribution in [0.4, 0.5) is 17.5 Å². The van der Waals surface area contributed by atoms with Gasteiger partial charge in [-0.1, -0.05) is 6.92 Å². The summed E-state index contributed by atoms with van der Waals surface area (Å²) in [6.45, 7) is 4.37. The molecule has 1 aliphatic rings. The van der Waals surface area contributed by atoms with E-state index in [0.29, 0.717) is 11.8 Å². The molecule has 104 valence electrons. The van der Waals surface area contributed by atoms with Crippen LogP contribution in [0.3, 0.4) is 0 Å². The van der Waals surface area contributed by atoms with Crippen LogP contribution in [-0.4, -0.2) is 46.0 Å². The van der Waals surface area contributed by atoms with Crippen LogP contribution in [0.2, 0.25) is 0 Å². The van der Waals surface area contributed by atoms with Crippen LogP contribution in [0.1, 0.15) is 13.3 Å². The monoisotopic (exact) mass is 283 g/mol. The molecular formula is C11H17N5O2S. The molecule has 0 atom stereocenters. The SMILES string of the molecule is CCCNc1ncc([N+](=O)[O-])c(N2CCSCC2)n1. The Bertz CT molecular complexity index is 451. The van der Waals surface area contributed by atoms with Crippen LogP contribution in [0.5, 0.6) is 0 Å². The van der Waals surface area contributed by atoms with E-state index in [1.165, 1.54) is 6.20 Å². The van der Waals surface area contributed by atoms with Gasteiger partial charge in [-0.2, -0.15) is 16.7 Å². The highest BCUT2D eigenvalue weighted by molar-refractivity contribution is 7.99. The van der Waals surface area contributed by atoms with Crippen molar-refractivity contribution in [1.29, 1.82) is 0 Å². The predicted octanol–water partition coefficient (Wildman–Crippen LogP) is 1.76. The second-order valence-electron chi connectivity index (χ2n) is 4.19. The Morgan fingerprint density at radius 1 is 1.53 bits per heavy atom. The fraction of sp³-hybridized carbons (Fsp3) is 0.636. The second-order valence-corrected chi connectivity index (χ2v) is 5.41. The van der Waals surface area contributed by atoms with Crippen molar-refractivity contribution in [3.63, 3.8) is 0 Å². The standard InChI is InChI=1S/C11H17N5O2S/c1-2-3-12-11-13-8-9(16(17)18)10(14-11)15-4-6-19-7-5-15/h8H,2-7H2,1H3,(H,12,13,14). The average Bonchev–Trinajstić information content (AvgIpc) is 2.45. The van der Waals surface area contributed by atoms with Gasteiger partial charge in [0.25, 0.3) is 0 Å². The van der Waals surface area contributed by atoms with Gasteiger partial charge >= 0.3 is 5.69 Å². The van der Waals surface area contributed by atoms with Crippen molar-refractivity contribution >= 4 is 29.2 Å². The van der Waals surface area contributed by atoms with Gasteiger partial charge in [-0.3, -0.25) is 10.1 Å². The summed E-state index contributed by atoms with van der Waals surface area (Å²) < 4.78 is 0. The van der Waals surface area contributed by atoms with Crippen LogP contribution in [0, 0.1) is 10.1 Å². The summed E-state index contributed by atoms with van der Waals surface area (Å²) in [7, 11) is 0. The van der Waals surface area contributed by atoms with Gasteiger partial charge in [0.1, 0.15) is 6.20 Å². The van der Waals surface area contributed by atoms with E-state index in [9.17, 15) is 10.1 Å². The van der Waals surface area contributed by atoms with Crippen LogP contribution in [-0.2, 0) is 0 Å². The minimum Gasteiger partial charge on any atom is -0.354 e. The Morgan fingerprint density at radius 2 is 2.26 bits per heavy atom. The van der Waals surface area contributed by atoms with Crippen molar-refractivity contribution < 1.29 is 4.92 Å². The molecule has 2 rings (SSSR count). The second kappa shape index (κ2) is 6.55. The van der Waals surface area contributed by atoms with E-state index in [4.69, 9.17) is 0 Å². The van der Waals surface area contributed by atoms with Crippen LogP contribution >= 0.6 is 11.8 Å². The van der Waals surface area contributed by atoms with Crippen molar-refractivity contribution in [3.8, 4) is 0 Å². The van der Waals surface area contributed by atoms with E-state index in [1.807, 2.05) is 23.6 Å². The minimum absolute atomic E-state index is 0.0195. The van der Waals surface area contributed by atoms with E-state index in [1.54, 1.807) is 0 Å². The van der Waals surface area contributed by atoms with E-state index in [2.05, 4.69) is 15.3 Å². The Hall–Kier alpha value is -1.57. The molecule has 0 aliphatic carbocycles. The van der Waals surface area contributed by atoms with Gasteiger partial charge in [0.05, 0.1) is 4.92 Å². The van der Waals surface area contributed by atoms with Crippen LogP contribution < -0.4 is 10.2 Å². The van der Waals surface area contributed by atoms with Crippen molar-refractivity contribution in [3.05, 3.63) is 16.3 Å². The molecule has 1 aromatic rings. The number of nitrogens with one attached hydrogen (secondary N) is 1. The van der Waals surface area contributed by atoms with E-state index < -0.39 is 4.92 Å². The number of hydrogen-bond donors (Lipinski definition) is 1. The molecule has 0 amide bonds. The number of thioether (sulfide) groups is 1. The minimum atomic E-state index is -0.416. The summed E-state index contributed by atoms with van der Waals surface area (Å²) in [5.74, 6) is 2.83. The largest absolute Gasteiger partial charge is 0.354 e. The Balaban J connectivity index is 2.27. The van der Waals surface area contributed by atoms with E-state index in [0.717, 1.165) is 37.6 Å². The van der Waals surface area contributed by atoms with Gasteiger partial charge in [0.15, 0.2) is 0 Å². The highest BCUT2D eigenvalue weighted by atomic mass is 32.2. The van der Waals surface area contributed by atoms with Gasteiger partial charge in [-0.05, 0) is 6.42 Å². The first-order chi connectivity index (χ1) is 9.22. The van der Waals surface area contributed by atoms with Gasteiger partial charge < -0.3 is 10.2 Å². The molecule has 1 N–H and O–H groups in total. The van der Waals surface area contributed by atoms with Crippen LogP contribution in [0.25, 0.3) is 0 Å². The van der Waals surface area contributed by atoms with E-state index in [-0.39, 0.29) is 5.69 Å². The maximum absolute atomic E-state index is 11.1. The third kappa shape index (κ3) is 3.46. The lowest BCUT2D eigenvalue weighted by atomic mass is 10.4. The number of anilines is 2. The lowest BCUT2D eigenvalue weighted by Crippen LogP contribution is -2.33. The molecule has 1 aliphatic heterocycles. The van der Waals surface area contributed by atoms with Crippen molar-refractivity contribution in [2.24, 2.45) is 0 Å². The maximum Gasteiger partial charge on any atom is 0.329 e. The number of nitrogens with zero attached hydrogens (tertiary/aromatic N) is 4. The summed E-state index contributed by atoms with van der Waals surface area (Å²) >= 11 is 1.86. The molecule has 0 radical (unpaired) electrons. The lowest BCUT2D eigenvalue weighted by Gasteiger charge is -2.27. The molecule has 0 saturated carbocycles. The third-order valence-corrected chi connectivity index (χ3v) is 3.73. The van der Waals surface area contributed by atoms with Crippen molar-refractivity contribution in [1.82, 2.24) is 9.97 Å². The van der Waals surface area contributed by atoms with Gasteiger partial charge in [0, 0.05) is 31.1 Å². The van der Waals surface area contributed by atoms with Crippen molar-refractivity contribution in [2.75, 3.05) is 41.4 Å². The zero-order valence-corrected chi connectivity index (χ0v) is 11.7. The third-order valence-electron chi connectivity index (χ3n) is 2.79. The number of aromatic nitrogens is 2. The molecule has 1 saturated heterocycles. The molecule has 0 bridgehead atoms. The van der Waals surface area contributed by atoms with E-state index >= 15 is 0 Å². The smallest absolute Gasteiger partial charge is 0.329 e. The lowest BCUT2D eigenvalue weighted by molar-refractivity contribution is -0.384. The molecule has 1 fully saturated rings. The van der Waals surface area contributed by atoms with Gasteiger partial charge in [0.2, 0.25) is 11.8 Å². The first-order valence-electron chi connectivity index (χ1n) is 6.30. The summed E-state index contributed by atoms with van der Waals surface area (Å²) in [5, 5.41) is 14.1. The molecule has 2 heterocycles. The Morgan fingerprint density at radius 3 is 2.89 bits per heavy atom. The summed E-state index contributed by atoms with van der Waals surface area (Å²) in [6, 6.07) is 0. The number of rotatable bonds is 5. The molecule has 7 nitrogen and oxygen atoms in total. The molecule has 0 unspecified atom stereocenters. The Kier molecular flexibility index (Phi) is 4.78. The first-order valence-corrected chi connectivity index (χ1v) is 7.46. The number of hydrogen-bond acceptors (Lipinski definition) is 7. The van der Waals surface area contributed by atoms with Crippen molar-refractivity contribution in [2.45, 2.75) is 13.3 Å². The zero-order valence-electron chi connectivity index (χ0n) is 10.8. The van der Waals surface area contributed by atoms with Crippen LogP contribution in [0.15, 0.2) is 6.20 Å². The summed E-state index contributed by atoms with van der Waals surface area (Å²) in [5.41, 5.74) is -0.0195. The Labute approximate surface area is 116 Å². The molecule has 0 spiro atoms. The van der Waals surface area contributed by atoms with Gasteiger partial charge in [-0.25, -0.2) is 4.98 Å².